The van der Waals surface area contributed by atoms with Gasteiger partial charge in [-0.1, -0.05) is 47.5 Å². The van der Waals surface area contributed by atoms with Crippen molar-refractivity contribution in [3.8, 4) is 0 Å². The number of imidazole rings is 1. The molecule has 4 rings (SSSR count). The first-order valence-electron chi connectivity index (χ1n) is 9.87. The zero-order valence-electron chi connectivity index (χ0n) is 17.3. The first-order chi connectivity index (χ1) is 14.0. The Kier molecular flexibility index (Phi) is 5.16. The molecule has 29 heavy (non-hydrogen) atoms. The number of nitrogens with one attached hydrogen (secondary N) is 2. The average molecular weight is 387 g/mol. The van der Waals surface area contributed by atoms with Gasteiger partial charge in [0.1, 0.15) is 0 Å². The summed E-state index contributed by atoms with van der Waals surface area (Å²) in [4.78, 5) is 14.0. The molecule has 4 aromatic rings. The van der Waals surface area contributed by atoms with Crippen LogP contribution in [0, 0.1) is 13.8 Å². The third-order valence-corrected chi connectivity index (χ3v) is 4.87. The van der Waals surface area contributed by atoms with Crippen LogP contribution in [0.1, 0.15) is 36.6 Å². The summed E-state index contributed by atoms with van der Waals surface area (Å²) in [6.07, 6.45) is 1.83. The van der Waals surface area contributed by atoms with Crippen molar-refractivity contribution in [2.24, 2.45) is 0 Å². The van der Waals surface area contributed by atoms with Crippen molar-refractivity contribution in [2.45, 2.75) is 40.3 Å². The van der Waals surface area contributed by atoms with Gasteiger partial charge in [-0.05, 0) is 45.4 Å². The normalized spacial score (nSPS) is 11.2. The van der Waals surface area contributed by atoms with Gasteiger partial charge in [0.15, 0.2) is 17.0 Å². The van der Waals surface area contributed by atoms with Crippen LogP contribution in [-0.4, -0.2) is 19.5 Å². The van der Waals surface area contributed by atoms with E-state index in [4.69, 9.17) is 9.97 Å². The Morgan fingerprint density at radius 1 is 0.897 bits per heavy atom. The summed E-state index contributed by atoms with van der Waals surface area (Å²) in [5.74, 6) is 1.28. The van der Waals surface area contributed by atoms with E-state index in [0.29, 0.717) is 12.5 Å². The van der Waals surface area contributed by atoms with Crippen LogP contribution < -0.4 is 10.6 Å². The van der Waals surface area contributed by atoms with E-state index < -0.39 is 0 Å². The van der Waals surface area contributed by atoms with Crippen LogP contribution in [0.5, 0.6) is 0 Å². The van der Waals surface area contributed by atoms with Gasteiger partial charge < -0.3 is 15.2 Å². The minimum Gasteiger partial charge on any atom is -0.364 e. The summed E-state index contributed by atoms with van der Waals surface area (Å²) in [5, 5.41) is 6.77. The Balaban J connectivity index is 1.68. The SMILES string of the molecule is Cc1ccc(CNc2nc(Nc3ccc(C)cc3)nc3c2ncn3C(C)C)cc1. The van der Waals surface area contributed by atoms with Gasteiger partial charge >= 0.3 is 0 Å². The summed E-state index contributed by atoms with van der Waals surface area (Å²) >= 11 is 0. The number of fused-ring (bicyclic) bond motifs is 1. The fourth-order valence-electron chi connectivity index (χ4n) is 3.13. The van der Waals surface area contributed by atoms with Gasteiger partial charge in [0.25, 0.3) is 0 Å². The van der Waals surface area contributed by atoms with Crippen LogP contribution in [-0.2, 0) is 6.54 Å². The monoisotopic (exact) mass is 386 g/mol. The molecule has 6 nitrogen and oxygen atoms in total. The molecule has 0 bridgehead atoms. The molecule has 0 radical (unpaired) electrons. The van der Waals surface area contributed by atoms with Crippen LogP contribution in [0.25, 0.3) is 11.2 Å². The zero-order chi connectivity index (χ0) is 20.4. The van der Waals surface area contributed by atoms with Crippen molar-refractivity contribution in [2.75, 3.05) is 10.6 Å². The minimum atomic E-state index is 0.257. The second-order valence-corrected chi connectivity index (χ2v) is 7.64. The fourth-order valence-corrected chi connectivity index (χ4v) is 3.13. The Morgan fingerprint density at radius 3 is 2.21 bits per heavy atom. The van der Waals surface area contributed by atoms with Crippen molar-refractivity contribution >= 4 is 28.6 Å². The largest absolute Gasteiger partial charge is 0.364 e. The summed E-state index contributed by atoms with van der Waals surface area (Å²) in [6, 6.07) is 16.9. The number of benzene rings is 2. The lowest BCUT2D eigenvalue weighted by molar-refractivity contribution is 0.613. The van der Waals surface area contributed by atoms with Gasteiger partial charge in [-0.25, -0.2) is 4.98 Å². The smallest absolute Gasteiger partial charge is 0.231 e. The Labute approximate surface area is 171 Å². The second-order valence-electron chi connectivity index (χ2n) is 7.64. The number of anilines is 3. The third kappa shape index (κ3) is 4.21. The van der Waals surface area contributed by atoms with E-state index in [1.807, 2.05) is 18.5 Å². The lowest BCUT2D eigenvalue weighted by Crippen LogP contribution is -2.07. The number of nitrogens with zero attached hydrogens (tertiary/aromatic N) is 4. The average Bonchev–Trinajstić information content (AvgIpc) is 3.13. The second kappa shape index (κ2) is 7.91. The third-order valence-electron chi connectivity index (χ3n) is 4.87. The van der Waals surface area contributed by atoms with E-state index in [0.717, 1.165) is 22.7 Å². The molecule has 0 saturated carbocycles. The highest BCUT2D eigenvalue weighted by atomic mass is 15.2. The maximum Gasteiger partial charge on any atom is 0.231 e. The van der Waals surface area contributed by atoms with Gasteiger partial charge in [0.05, 0.1) is 6.33 Å². The molecule has 0 amide bonds. The number of hydrogen-bond acceptors (Lipinski definition) is 5. The molecule has 0 atom stereocenters. The van der Waals surface area contributed by atoms with Crippen molar-refractivity contribution in [3.05, 3.63) is 71.5 Å². The van der Waals surface area contributed by atoms with E-state index in [2.05, 4.69) is 84.3 Å². The molecule has 0 fully saturated rings. The summed E-state index contributed by atoms with van der Waals surface area (Å²) in [5.41, 5.74) is 6.20. The van der Waals surface area contributed by atoms with E-state index >= 15 is 0 Å². The predicted octanol–water partition coefficient (Wildman–Crippen LogP) is 5.38. The topological polar surface area (TPSA) is 67.7 Å². The number of hydrogen-bond donors (Lipinski definition) is 2. The Hall–Kier alpha value is -3.41. The summed E-state index contributed by atoms with van der Waals surface area (Å²) < 4.78 is 2.06. The summed E-state index contributed by atoms with van der Waals surface area (Å²) in [7, 11) is 0. The van der Waals surface area contributed by atoms with Crippen LogP contribution in [0.15, 0.2) is 54.9 Å². The van der Waals surface area contributed by atoms with Gasteiger partial charge in [-0.15, -0.1) is 0 Å². The standard InChI is InChI=1S/C23H26N6/c1-15(2)29-14-25-20-21(24-13-18-9-5-16(3)6-10-18)27-23(28-22(20)29)26-19-11-7-17(4)8-12-19/h5-12,14-15H,13H2,1-4H3,(H2,24,26,27,28). The molecule has 148 valence electrons. The molecular weight excluding hydrogens is 360 g/mol. The van der Waals surface area contributed by atoms with E-state index in [1.165, 1.54) is 16.7 Å². The number of aromatic nitrogens is 4. The highest BCUT2D eigenvalue weighted by Gasteiger charge is 2.15. The van der Waals surface area contributed by atoms with Crippen molar-refractivity contribution in [1.29, 1.82) is 0 Å². The van der Waals surface area contributed by atoms with Gasteiger partial charge in [0.2, 0.25) is 5.95 Å². The van der Waals surface area contributed by atoms with Crippen molar-refractivity contribution in [3.63, 3.8) is 0 Å². The molecule has 0 spiro atoms. The molecule has 0 aliphatic rings. The van der Waals surface area contributed by atoms with E-state index in [9.17, 15) is 0 Å². The summed E-state index contributed by atoms with van der Waals surface area (Å²) in [6.45, 7) is 9.07. The highest BCUT2D eigenvalue weighted by Crippen LogP contribution is 2.25. The van der Waals surface area contributed by atoms with Crippen LogP contribution in [0.4, 0.5) is 17.5 Å². The van der Waals surface area contributed by atoms with Crippen LogP contribution in [0.3, 0.4) is 0 Å². The molecule has 0 aliphatic heterocycles. The molecule has 6 heteroatoms. The Morgan fingerprint density at radius 2 is 1.55 bits per heavy atom. The maximum absolute atomic E-state index is 4.74. The fraction of sp³-hybridized carbons (Fsp3) is 0.261. The van der Waals surface area contributed by atoms with Crippen LogP contribution >= 0.6 is 0 Å². The minimum absolute atomic E-state index is 0.257. The van der Waals surface area contributed by atoms with Gasteiger partial charge in [-0.2, -0.15) is 9.97 Å². The van der Waals surface area contributed by atoms with E-state index in [-0.39, 0.29) is 6.04 Å². The molecule has 2 heterocycles. The lowest BCUT2D eigenvalue weighted by atomic mass is 10.1. The molecule has 0 unspecified atom stereocenters. The zero-order valence-corrected chi connectivity index (χ0v) is 17.3. The molecule has 0 saturated heterocycles. The first kappa shape index (κ1) is 18.9. The molecule has 0 aliphatic carbocycles. The molecular formula is C23H26N6. The van der Waals surface area contributed by atoms with Crippen LogP contribution in [0.2, 0.25) is 0 Å². The van der Waals surface area contributed by atoms with Gasteiger partial charge in [-0.3, -0.25) is 0 Å². The number of rotatable bonds is 6. The first-order valence-corrected chi connectivity index (χ1v) is 9.87. The lowest BCUT2D eigenvalue weighted by Gasteiger charge is -2.12. The van der Waals surface area contributed by atoms with Crippen molar-refractivity contribution in [1.82, 2.24) is 19.5 Å². The molecule has 2 aromatic carbocycles. The molecule has 2 aromatic heterocycles. The molecule has 2 N–H and O–H groups in total. The quantitative estimate of drug-likeness (QED) is 0.466. The Bertz CT molecular complexity index is 1110. The maximum atomic E-state index is 4.74. The number of aryl methyl sites for hydroxylation is 2. The van der Waals surface area contributed by atoms with Crippen molar-refractivity contribution < 1.29 is 0 Å². The van der Waals surface area contributed by atoms with E-state index in [1.54, 1.807) is 0 Å². The predicted molar refractivity (Wildman–Crippen MR) is 119 cm³/mol. The highest BCUT2D eigenvalue weighted by molar-refractivity contribution is 5.84. The van der Waals surface area contributed by atoms with Gasteiger partial charge in [0, 0.05) is 18.3 Å².